The summed E-state index contributed by atoms with van der Waals surface area (Å²) in [6.45, 7) is 6.95. The molecule has 0 saturated heterocycles. The van der Waals surface area contributed by atoms with Crippen LogP contribution >= 0.6 is 0 Å². The molecule has 4 rings (SSSR count). The van der Waals surface area contributed by atoms with Crippen molar-refractivity contribution in [2.24, 2.45) is 34.5 Å². The third-order valence-corrected chi connectivity index (χ3v) is 8.92. The highest BCUT2D eigenvalue weighted by molar-refractivity contribution is 6.02. The molecule has 0 aliphatic heterocycles. The number of aliphatic hydroxyl groups is 1. The van der Waals surface area contributed by atoms with Crippen LogP contribution in [0, 0.1) is 34.5 Å². The lowest BCUT2D eigenvalue weighted by molar-refractivity contribution is -0.176. The summed E-state index contributed by atoms with van der Waals surface area (Å²) in [5.41, 5.74) is -2.07. The molecule has 0 amide bonds. The van der Waals surface area contributed by atoms with Gasteiger partial charge in [0.15, 0.2) is 12.4 Å². The summed E-state index contributed by atoms with van der Waals surface area (Å²) >= 11 is 0. The van der Waals surface area contributed by atoms with Gasteiger partial charge in [-0.25, -0.2) is 0 Å². The first-order chi connectivity index (χ1) is 14.5. The summed E-state index contributed by atoms with van der Waals surface area (Å²) in [6, 6.07) is 0. The lowest BCUT2D eigenvalue weighted by atomic mass is 9.46. The predicted octanol–water partition coefficient (Wildman–Crippen LogP) is 2.97. The minimum atomic E-state index is -1.71. The van der Waals surface area contributed by atoms with Gasteiger partial charge in [-0.15, -0.1) is 0 Å². The molecule has 0 spiro atoms. The Labute approximate surface area is 183 Å². The maximum atomic E-state index is 13.6. The second-order valence-corrected chi connectivity index (χ2v) is 10.4. The lowest BCUT2D eigenvalue weighted by Gasteiger charge is -2.56. The van der Waals surface area contributed by atoms with E-state index in [-0.39, 0.29) is 48.1 Å². The van der Waals surface area contributed by atoms with Crippen molar-refractivity contribution in [1.29, 1.82) is 0 Å². The monoisotopic (exact) mass is 428 g/mol. The van der Waals surface area contributed by atoms with Gasteiger partial charge in [-0.05, 0) is 49.2 Å². The zero-order valence-electron chi connectivity index (χ0n) is 18.8. The average Bonchev–Trinajstić information content (AvgIpc) is 2.93. The number of Topliss-reactive ketones (excluding diaryl/α,β-unsaturated/α-hetero) is 2. The third-order valence-electron chi connectivity index (χ3n) is 8.92. The van der Waals surface area contributed by atoms with Crippen molar-refractivity contribution in [3.8, 4) is 0 Å². The van der Waals surface area contributed by atoms with Crippen LogP contribution in [0.1, 0.15) is 59.8 Å². The fraction of sp³-hybridized carbons (Fsp3) is 0.680. The maximum Gasteiger partial charge on any atom is 0.305 e. The molecule has 0 heterocycles. The molecule has 0 aromatic rings. The molecule has 3 fully saturated rings. The topological polar surface area (TPSA) is 97.7 Å². The highest BCUT2D eigenvalue weighted by atomic mass is 16.5. The van der Waals surface area contributed by atoms with E-state index < -0.39 is 34.8 Å². The van der Waals surface area contributed by atoms with Crippen LogP contribution in [0.3, 0.4) is 0 Å². The van der Waals surface area contributed by atoms with Gasteiger partial charge in [0.05, 0.1) is 0 Å². The summed E-state index contributed by atoms with van der Waals surface area (Å²) in [6.07, 6.45) is 7.55. The number of fused-ring (bicyclic) bond motifs is 5. The fourth-order valence-corrected chi connectivity index (χ4v) is 7.32. The lowest BCUT2D eigenvalue weighted by Crippen LogP contribution is -2.62. The Morgan fingerprint density at radius 3 is 2.65 bits per heavy atom. The van der Waals surface area contributed by atoms with E-state index in [9.17, 15) is 24.3 Å². The van der Waals surface area contributed by atoms with Crippen molar-refractivity contribution in [3.63, 3.8) is 0 Å². The fourth-order valence-electron chi connectivity index (χ4n) is 7.32. The number of carbonyl (C=O) groups is 4. The van der Waals surface area contributed by atoms with Gasteiger partial charge in [0.2, 0.25) is 5.78 Å². The van der Waals surface area contributed by atoms with Crippen molar-refractivity contribution in [2.45, 2.75) is 65.4 Å². The van der Waals surface area contributed by atoms with Gasteiger partial charge in [0.25, 0.3) is 0 Å². The second kappa shape index (κ2) is 7.22. The van der Waals surface area contributed by atoms with Gasteiger partial charge in [0, 0.05) is 29.6 Å². The third kappa shape index (κ3) is 2.94. The maximum absolute atomic E-state index is 13.6. The first kappa shape index (κ1) is 22.1. The average molecular weight is 429 g/mol. The second-order valence-electron chi connectivity index (χ2n) is 10.4. The minimum Gasteiger partial charge on any atom is -0.458 e. The van der Waals surface area contributed by atoms with Crippen LogP contribution in [0.2, 0.25) is 0 Å². The number of ether oxygens (including phenoxy) is 1. The quantitative estimate of drug-likeness (QED) is 0.692. The highest BCUT2D eigenvalue weighted by Crippen LogP contribution is 2.67. The number of hydrogen-bond acceptors (Lipinski definition) is 6. The Bertz CT molecular complexity index is 915. The van der Waals surface area contributed by atoms with Crippen LogP contribution < -0.4 is 0 Å². The molecule has 0 unspecified atom stereocenters. The van der Waals surface area contributed by atoms with Gasteiger partial charge >= 0.3 is 5.97 Å². The molecule has 1 N–H and O–H groups in total. The molecule has 3 saturated carbocycles. The summed E-state index contributed by atoms with van der Waals surface area (Å²) in [7, 11) is 0. The van der Waals surface area contributed by atoms with E-state index in [0.29, 0.717) is 6.42 Å². The summed E-state index contributed by atoms with van der Waals surface area (Å²) in [5.74, 6) is -1.53. The smallest absolute Gasteiger partial charge is 0.305 e. The molecule has 0 aromatic heterocycles. The van der Waals surface area contributed by atoms with Gasteiger partial charge in [0.1, 0.15) is 11.4 Å². The normalized spacial score (nSPS) is 43.6. The molecule has 0 aromatic carbocycles. The Morgan fingerprint density at radius 1 is 1.26 bits per heavy atom. The first-order valence-corrected chi connectivity index (χ1v) is 11.4. The molecular formula is C25H32O6. The van der Waals surface area contributed by atoms with E-state index in [0.717, 1.165) is 18.4 Å². The van der Waals surface area contributed by atoms with Crippen LogP contribution in [0.5, 0.6) is 0 Å². The van der Waals surface area contributed by atoms with Crippen molar-refractivity contribution < 1.29 is 29.0 Å². The molecule has 7 atom stereocenters. The van der Waals surface area contributed by atoms with Crippen molar-refractivity contribution in [1.82, 2.24) is 0 Å². The molecule has 4 aliphatic carbocycles. The van der Waals surface area contributed by atoms with E-state index in [4.69, 9.17) is 4.74 Å². The predicted molar refractivity (Wildman–Crippen MR) is 113 cm³/mol. The van der Waals surface area contributed by atoms with E-state index in [2.05, 4.69) is 0 Å². The number of hydrogen-bond donors (Lipinski definition) is 1. The molecule has 4 aliphatic rings. The van der Waals surface area contributed by atoms with Crippen molar-refractivity contribution in [2.75, 3.05) is 6.61 Å². The number of carbonyl (C=O) groups excluding carboxylic acids is 4. The van der Waals surface area contributed by atoms with E-state index >= 15 is 0 Å². The van der Waals surface area contributed by atoms with Crippen molar-refractivity contribution >= 4 is 23.3 Å². The minimum absolute atomic E-state index is 0.00503. The van der Waals surface area contributed by atoms with Gasteiger partial charge in [-0.3, -0.25) is 19.2 Å². The number of allylic oxidation sites excluding steroid dienone is 4. The highest BCUT2D eigenvalue weighted by Gasteiger charge is 2.70. The molecule has 6 heteroatoms. The SMILES string of the molecule is CCC(=O)OCC(=O)[C@@]1(O)[C@H](C)C[C@H]2[C@@H]3CCC4=CC(=O)C=C[C@]4(C)[C@H]3C(=O)C[C@@]21C. The van der Waals surface area contributed by atoms with Gasteiger partial charge < -0.3 is 9.84 Å². The standard InChI is InChI=1S/C25H32O6/c1-5-21(29)31-13-20(28)25(30)14(2)10-18-17-7-6-15-11-16(26)8-9-23(15,3)22(17)19(27)12-24(18,25)4/h8-9,11,14,17-18,22,30H,5-7,10,12-13H2,1-4H3/t14-,17+,18+,22-,23+,24+,25+/m1/s1. The Balaban J connectivity index is 1.68. The largest absolute Gasteiger partial charge is 0.458 e. The van der Waals surface area contributed by atoms with Crippen LogP contribution in [-0.4, -0.2) is 40.6 Å². The van der Waals surface area contributed by atoms with Crippen molar-refractivity contribution in [3.05, 3.63) is 23.8 Å². The molecular weight excluding hydrogens is 396 g/mol. The number of rotatable bonds is 4. The van der Waals surface area contributed by atoms with Gasteiger partial charge in [-0.1, -0.05) is 39.3 Å². The number of esters is 1. The molecule has 31 heavy (non-hydrogen) atoms. The zero-order chi connectivity index (χ0) is 22.8. The zero-order valence-corrected chi connectivity index (χ0v) is 18.8. The van der Waals surface area contributed by atoms with Crippen LogP contribution in [0.15, 0.2) is 23.8 Å². The molecule has 6 nitrogen and oxygen atoms in total. The van der Waals surface area contributed by atoms with E-state index in [1.165, 1.54) is 0 Å². The van der Waals surface area contributed by atoms with Gasteiger partial charge in [-0.2, -0.15) is 0 Å². The summed E-state index contributed by atoms with van der Waals surface area (Å²) in [4.78, 5) is 50.2. The van der Waals surface area contributed by atoms with E-state index in [1.807, 2.05) is 26.8 Å². The van der Waals surface area contributed by atoms with Crippen LogP contribution in [-0.2, 0) is 23.9 Å². The first-order valence-electron chi connectivity index (χ1n) is 11.4. The molecule has 168 valence electrons. The Hall–Kier alpha value is -2.08. The van der Waals surface area contributed by atoms with E-state index in [1.54, 1.807) is 19.1 Å². The molecule has 0 radical (unpaired) electrons. The summed E-state index contributed by atoms with van der Waals surface area (Å²) in [5, 5.41) is 11.7. The van der Waals surface area contributed by atoms with Crippen LogP contribution in [0.25, 0.3) is 0 Å². The van der Waals surface area contributed by atoms with Crippen LogP contribution in [0.4, 0.5) is 0 Å². The summed E-state index contributed by atoms with van der Waals surface area (Å²) < 4.78 is 5.05. The Kier molecular flexibility index (Phi) is 5.16. The Morgan fingerprint density at radius 2 is 1.97 bits per heavy atom. The molecule has 0 bridgehead atoms. The number of ketones is 3.